The lowest BCUT2D eigenvalue weighted by Crippen LogP contribution is -2.60. The van der Waals surface area contributed by atoms with Crippen molar-refractivity contribution in [2.45, 2.75) is 127 Å². The number of ether oxygens (including phenoxy) is 4. The van der Waals surface area contributed by atoms with Crippen LogP contribution in [0.25, 0.3) is 0 Å². The van der Waals surface area contributed by atoms with Gasteiger partial charge in [0.1, 0.15) is 29.8 Å². The second-order valence-corrected chi connectivity index (χ2v) is 13.0. The molecule has 0 unspecified atom stereocenters. The van der Waals surface area contributed by atoms with Crippen LogP contribution < -0.4 is 0 Å². The van der Waals surface area contributed by atoms with E-state index in [1.807, 2.05) is 32.9 Å². The number of esters is 1. The van der Waals surface area contributed by atoms with Crippen molar-refractivity contribution in [1.82, 2.24) is 0 Å². The molecule has 0 aromatic carbocycles. The van der Waals surface area contributed by atoms with Gasteiger partial charge in [-0.1, -0.05) is 44.2 Å². The summed E-state index contributed by atoms with van der Waals surface area (Å²) >= 11 is 0. The first-order valence-electron chi connectivity index (χ1n) is 15.0. The van der Waals surface area contributed by atoms with Gasteiger partial charge in [-0.15, -0.1) is 0 Å². The van der Waals surface area contributed by atoms with Crippen LogP contribution in [0.3, 0.4) is 0 Å². The summed E-state index contributed by atoms with van der Waals surface area (Å²) in [5.41, 5.74) is -0.971. The van der Waals surface area contributed by atoms with E-state index in [9.17, 15) is 25.2 Å². The quantitative estimate of drug-likeness (QED) is 0.275. The van der Waals surface area contributed by atoms with Crippen molar-refractivity contribution >= 4 is 5.97 Å². The van der Waals surface area contributed by atoms with Crippen molar-refractivity contribution in [2.75, 3.05) is 6.61 Å². The molecular formula is C32H46O9. The molecule has 5 rings (SSSR count). The molecule has 1 aliphatic carbocycles. The summed E-state index contributed by atoms with van der Waals surface area (Å²) in [6.07, 6.45) is 7.44. The Labute approximate surface area is 242 Å². The fourth-order valence-electron chi connectivity index (χ4n) is 7.18. The van der Waals surface area contributed by atoms with Gasteiger partial charge in [0, 0.05) is 25.2 Å². The predicted molar refractivity (Wildman–Crippen MR) is 150 cm³/mol. The zero-order valence-electron chi connectivity index (χ0n) is 24.8. The fraction of sp³-hybridized carbons (Fsp3) is 0.719. The highest BCUT2D eigenvalue weighted by Gasteiger charge is 2.60. The number of hydrogen-bond donors (Lipinski definition) is 4. The second kappa shape index (κ2) is 11.3. The molecule has 0 radical (unpaired) electrons. The van der Waals surface area contributed by atoms with Crippen molar-refractivity contribution in [2.24, 2.45) is 11.8 Å². The monoisotopic (exact) mass is 574 g/mol. The van der Waals surface area contributed by atoms with Gasteiger partial charge in [-0.05, 0) is 56.8 Å². The zero-order chi connectivity index (χ0) is 29.7. The van der Waals surface area contributed by atoms with E-state index in [0.29, 0.717) is 49.7 Å². The van der Waals surface area contributed by atoms with Crippen LogP contribution >= 0.6 is 0 Å². The minimum atomic E-state index is -1.79. The molecule has 9 nitrogen and oxygen atoms in total. The van der Waals surface area contributed by atoms with Crippen molar-refractivity contribution in [3.05, 3.63) is 47.1 Å². The molecule has 4 aliphatic heterocycles. The summed E-state index contributed by atoms with van der Waals surface area (Å²) in [6, 6.07) is 0. The normalized spacial score (nSPS) is 50.6. The van der Waals surface area contributed by atoms with Gasteiger partial charge in [-0.25, -0.2) is 0 Å². The summed E-state index contributed by atoms with van der Waals surface area (Å²) < 4.78 is 25.0. The van der Waals surface area contributed by atoms with E-state index in [2.05, 4.69) is 0 Å². The van der Waals surface area contributed by atoms with Crippen molar-refractivity contribution in [3.63, 3.8) is 0 Å². The van der Waals surface area contributed by atoms with Gasteiger partial charge in [0.15, 0.2) is 5.79 Å². The van der Waals surface area contributed by atoms with Gasteiger partial charge < -0.3 is 39.4 Å². The molecule has 3 saturated heterocycles. The van der Waals surface area contributed by atoms with Crippen LogP contribution in [0.15, 0.2) is 47.1 Å². The number of carbonyl (C=O) groups is 1. The topological polar surface area (TPSA) is 135 Å². The molecule has 0 aromatic heterocycles. The first-order valence-corrected chi connectivity index (χ1v) is 15.0. The molecule has 4 N–H and O–H groups in total. The van der Waals surface area contributed by atoms with Crippen LogP contribution in [0, 0.1) is 11.8 Å². The molecule has 2 bridgehead atoms. The number of fused-ring (bicyclic) bond motifs is 2. The Morgan fingerprint density at radius 3 is 2.54 bits per heavy atom. The van der Waals surface area contributed by atoms with Gasteiger partial charge in [-0.2, -0.15) is 0 Å². The van der Waals surface area contributed by atoms with Gasteiger partial charge in [0.25, 0.3) is 0 Å². The SMILES string of the molecule is CC[C@H]1O[C@]2(CC[C@@]1(C)O)C[C@@H]1C[C@@H](C/C=C(\C)[C@H](O)[C@@H](C)/C=C/C=C3\CO[C@@H]4[C@H](O)C(C)=C[C@@H](C(=O)O1)[C@]34O)O2. The van der Waals surface area contributed by atoms with E-state index in [0.717, 1.165) is 5.57 Å². The molecule has 5 aliphatic rings. The molecule has 9 heteroatoms. The summed E-state index contributed by atoms with van der Waals surface area (Å²) in [5, 5.41) is 44.8. The van der Waals surface area contributed by atoms with Crippen LogP contribution in [0.2, 0.25) is 0 Å². The van der Waals surface area contributed by atoms with Gasteiger partial charge in [0.2, 0.25) is 0 Å². The van der Waals surface area contributed by atoms with E-state index in [1.54, 1.807) is 32.1 Å². The minimum absolute atomic E-state index is 0.0535. The molecule has 0 saturated carbocycles. The maximum Gasteiger partial charge on any atom is 0.316 e. The predicted octanol–water partition coefficient (Wildman–Crippen LogP) is 3.01. The maximum absolute atomic E-state index is 13.9. The standard InChI is InChI=1S/C32H46O9/c1-6-25-30(5,36)12-13-31(41-25)16-23-15-22(40-31)11-10-19(3)26(33)18(2)8-7-9-21-17-38-28-27(34)20(4)14-24(29(35)39-23)32(21,28)37/h7-10,14,18,22-28,33-34,36-37H,6,11-13,15-17H2,1-5H3/b8-7+,19-10+,21-9+/t18-,22+,23-,24-,25+,26+,27+,28+,30+,31+,32+/m0/s1. The number of allylic oxidation sites excluding steroid dienone is 2. The molecule has 228 valence electrons. The summed E-state index contributed by atoms with van der Waals surface area (Å²) in [4.78, 5) is 13.9. The van der Waals surface area contributed by atoms with E-state index in [1.165, 1.54) is 0 Å². The number of aliphatic hydroxyl groups is 4. The van der Waals surface area contributed by atoms with Crippen molar-refractivity contribution < 1.29 is 44.2 Å². The number of aliphatic hydroxyl groups excluding tert-OH is 2. The minimum Gasteiger partial charge on any atom is -0.462 e. The lowest BCUT2D eigenvalue weighted by molar-refractivity contribution is -0.353. The molecule has 0 amide bonds. The van der Waals surface area contributed by atoms with Gasteiger partial charge >= 0.3 is 5.97 Å². The van der Waals surface area contributed by atoms with Crippen LogP contribution in [0.4, 0.5) is 0 Å². The van der Waals surface area contributed by atoms with Gasteiger partial charge in [0.05, 0.1) is 30.5 Å². The highest BCUT2D eigenvalue weighted by Crippen LogP contribution is 2.47. The highest BCUT2D eigenvalue weighted by molar-refractivity contribution is 5.78. The summed E-state index contributed by atoms with van der Waals surface area (Å²) in [5.74, 6) is -2.93. The first kappa shape index (κ1) is 30.6. The highest BCUT2D eigenvalue weighted by atomic mass is 16.7. The Hall–Kier alpha value is -1.85. The van der Waals surface area contributed by atoms with Crippen LogP contribution in [-0.2, 0) is 23.7 Å². The largest absolute Gasteiger partial charge is 0.462 e. The molecule has 41 heavy (non-hydrogen) atoms. The molecule has 0 aromatic rings. The van der Waals surface area contributed by atoms with Crippen LogP contribution in [-0.4, -0.2) is 86.6 Å². The maximum atomic E-state index is 13.9. The Balaban J connectivity index is 1.53. The average molecular weight is 575 g/mol. The smallest absolute Gasteiger partial charge is 0.316 e. The van der Waals surface area contributed by atoms with Crippen LogP contribution in [0.5, 0.6) is 0 Å². The van der Waals surface area contributed by atoms with Crippen molar-refractivity contribution in [3.8, 4) is 0 Å². The van der Waals surface area contributed by atoms with E-state index < -0.39 is 59.4 Å². The van der Waals surface area contributed by atoms with Crippen molar-refractivity contribution in [1.29, 1.82) is 0 Å². The lowest BCUT2D eigenvalue weighted by Gasteiger charge is -2.52. The molecule has 11 atom stereocenters. The third-order valence-electron chi connectivity index (χ3n) is 9.82. The molecule has 3 fully saturated rings. The van der Waals surface area contributed by atoms with E-state index in [4.69, 9.17) is 18.9 Å². The van der Waals surface area contributed by atoms with Crippen LogP contribution in [0.1, 0.15) is 73.1 Å². The second-order valence-electron chi connectivity index (χ2n) is 13.0. The van der Waals surface area contributed by atoms with E-state index in [-0.39, 0.29) is 18.6 Å². The number of hydrogen-bond acceptors (Lipinski definition) is 9. The lowest BCUT2D eigenvalue weighted by atomic mass is 9.71. The first-order chi connectivity index (χ1) is 19.3. The molecular weight excluding hydrogens is 528 g/mol. The van der Waals surface area contributed by atoms with E-state index >= 15 is 0 Å². The third kappa shape index (κ3) is 5.62. The Morgan fingerprint density at radius 2 is 1.80 bits per heavy atom. The number of carbonyl (C=O) groups excluding carboxylic acids is 1. The van der Waals surface area contributed by atoms with Gasteiger partial charge in [-0.3, -0.25) is 4.79 Å². The summed E-state index contributed by atoms with van der Waals surface area (Å²) in [7, 11) is 0. The Kier molecular flexibility index (Phi) is 8.46. The Morgan fingerprint density at radius 1 is 1.05 bits per heavy atom. The zero-order valence-corrected chi connectivity index (χ0v) is 24.8. The number of rotatable bonds is 1. The molecule has 4 heterocycles. The fourth-order valence-corrected chi connectivity index (χ4v) is 7.18. The third-order valence-corrected chi connectivity index (χ3v) is 9.82. The average Bonchev–Trinajstić information content (AvgIpc) is 3.26. The molecule has 1 spiro atoms. The Bertz CT molecular complexity index is 1140. The summed E-state index contributed by atoms with van der Waals surface area (Å²) in [6.45, 7) is 9.30.